The van der Waals surface area contributed by atoms with Gasteiger partial charge in [-0.05, 0) is 38.1 Å². The highest BCUT2D eigenvalue weighted by Gasteiger charge is 2.27. The van der Waals surface area contributed by atoms with E-state index in [1.165, 1.54) is 12.1 Å². The third-order valence-electron chi connectivity index (χ3n) is 4.64. The Morgan fingerprint density at radius 3 is 2.48 bits per heavy atom. The van der Waals surface area contributed by atoms with Gasteiger partial charge in [-0.15, -0.1) is 4.83 Å². The van der Waals surface area contributed by atoms with Gasteiger partial charge in [0.05, 0.1) is 9.82 Å². The monoisotopic (exact) mass is 466 g/mol. The third kappa shape index (κ3) is 4.71. The van der Waals surface area contributed by atoms with Crippen LogP contribution in [0.15, 0.2) is 65.8 Å². The van der Waals surface area contributed by atoms with Gasteiger partial charge in [0, 0.05) is 11.1 Å². The number of hydrogen-bond acceptors (Lipinski definition) is 9. The van der Waals surface area contributed by atoms with Crippen molar-refractivity contribution in [1.29, 1.82) is 0 Å². The van der Waals surface area contributed by atoms with E-state index in [1.54, 1.807) is 24.3 Å². The van der Waals surface area contributed by atoms with Crippen molar-refractivity contribution in [3.8, 4) is 11.6 Å². The number of rotatable bonds is 7. The third-order valence-corrected chi connectivity index (χ3v) is 5.90. The first-order chi connectivity index (χ1) is 15.7. The molecule has 2 heterocycles. The van der Waals surface area contributed by atoms with Crippen molar-refractivity contribution in [3.05, 3.63) is 82.3 Å². The number of pyridine rings is 1. The molecule has 12 heteroatoms. The van der Waals surface area contributed by atoms with Crippen LogP contribution in [0.2, 0.25) is 0 Å². The average molecular weight is 466 g/mol. The molecule has 0 aliphatic rings. The van der Waals surface area contributed by atoms with Gasteiger partial charge in [-0.25, -0.2) is 18.4 Å². The van der Waals surface area contributed by atoms with Crippen molar-refractivity contribution in [1.82, 2.24) is 19.8 Å². The number of nitrogens with zero attached hydrogens (tertiary/aromatic N) is 4. The molecule has 0 fully saturated rings. The van der Waals surface area contributed by atoms with Crippen LogP contribution in [0.3, 0.4) is 0 Å². The number of ether oxygens (including phenoxy) is 1. The molecular weight excluding hydrogens is 448 g/mol. The lowest BCUT2D eigenvalue weighted by Gasteiger charge is -2.12. The Bertz CT molecular complexity index is 1460. The number of nitrogens with one attached hydrogen (secondary N) is 2. The number of nitro groups is 1. The van der Waals surface area contributed by atoms with Gasteiger partial charge in [0.15, 0.2) is 5.75 Å². The van der Waals surface area contributed by atoms with Crippen molar-refractivity contribution in [2.45, 2.75) is 18.7 Å². The number of hydrogen-bond donors (Lipinski definition) is 2. The maximum absolute atomic E-state index is 12.5. The van der Waals surface area contributed by atoms with Gasteiger partial charge in [-0.2, -0.15) is 4.98 Å². The van der Waals surface area contributed by atoms with E-state index in [0.29, 0.717) is 5.52 Å². The number of fused-ring (bicyclic) bond motifs is 1. The Morgan fingerprint density at radius 1 is 1.00 bits per heavy atom. The summed E-state index contributed by atoms with van der Waals surface area (Å²) in [6.45, 7) is 3.63. The predicted octanol–water partition coefficient (Wildman–Crippen LogP) is 3.65. The number of para-hydroxylation sites is 1. The van der Waals surface area contributed by atoms with Crippen molar-refractivity contribution in [3.63, 3.8) is 0 Å². The van der Waals surface area contributed by atoms with E-state index < -0.39 is 20.6 Å². The Labute approximate surface area is 188 Å². The van der Waals surface area contributed by atoms with Crippen LogP contribution in [0, 0.1) is 24.0 Å². The molecule has 2 aromatic carbocycles. The summed E-state index contributed by atoms with van der Waals surface area (Å²) in [6, 6.07) is 14.9. The second-order valence-electron chi connectivity index (χ2n) is 7.06. The Hall–Kier alpha value is -4.16. The number of aryl methyl sites for hydroxylation is 2. The van der Waals surface area contributed by atoms with E-state index in [2.05, 4.69) is 25.2 Å². The van der Waals surface area contributed by atoms with Gasteiger partial charge >= 0.3 is 11.6 Å². The Balaban J connectivity index is 1.66. The van der Waals surface area contributed by atoms with E-state index in [1.807, 2.05) is 32.0 Å². The highest BCUT2D eigenvalue weighted by molar-refractivity contribution is 7.89. The maximum atomic E-state index is 12.5. The SMILES string of the molecule is Cc1ccc(S(=O)(=O)NNc2ncnc(Oc3cccc4ccc(C)nc34)c2[N+](=O)[O-])cc1. The van der Waals surface area contributed by atoms with Crippen molar-refractivity contribution in [2.75, 3.05) is 5.43 Å². The molecule has 0 atom stereocenters. The minimum Gasteiger partial charge on any atom is -0.431 e. The minimum atomic E-state index is -4.02. The van der Waals surface area contributed by atoms with Crippen LogP contribution in [0.4, 0.5) is 11.5 Å². The molecule has 0 saturated heterocycles. The summed E-state index contributed by atoms with van der Waals surface area (Å²) in [4.78, 5) is 25.2. The van der Waals surface area contributed by atoms with Gasteiger partial charge in [0.25, 0.3) is 10.0 Å². The molecule has 0 unspecified atom stereocenters. The zero-order chi connectivity index (χ0) is 23.6. The van der Waals surface area contributed by atoms with Gasteiger partial charge in [0.1, 0.15) is 11.8 Å². The van der Waals surface area contributed by atoms with E-state index in [9.17, 15) is 18.5 Å². The molecule has 11 nitrogen and oxygen atoms in total. The smallest absolute Gasteiger partial charge is 0.374 e. The Kier molecular flexibility index (Phi) is 5.85. The number of anilines is 1. The zero-order valence-electron chi connectivity index (χ0n) is 17.5. The fraction of sp³-hybridized carbons (Fsp3) is 0.0952. The van der Waals surface area contributed by atoms with Crippen molar-refractivity contribution >= 4 is 32.4 Å². The number of hydrazine groups is 1. The fourth-order valence-corrected chi connectivity index (χ4v) is 3.83. The molecule has 0 aliphatic carbocycles. The van der Waals surface area contributed by atoms with Crippen LogP contribution in [0.25, 0.3) is 10.9 Å². The quantitative estimate of drug-likeness (QED) is 0.307. The summed E-state index contributed by atoms with van der Waals surface area (Å²) in [7, 11) is -4.02. The summed E-state index contributed by atoms with van der Waals surface area (Å²) in [5.41, 5.74) is 3.77. The summed E-state index contributed by atoms with van der Waals surface area (Å²) in [5.74, 6) is -0.503. The molecule has 168 valence electrons. The molecule has 0 radical (unpaired) electrons. The minimum absolute atomic E-state index is 0.0222. The van der Waals surface area contributed by atoms with E-state index in [0.717, 1.165) is 23.0 Å². The van der Waals surface area contributed by atoms with Gasteiger partial charge in [0.2, 0.25) is 5.82 Å². The van der Waals surface area contributed by atoms with Crippen LogP contribution in [0.1, 0.15) is 11.3 Å². The van der Waals surface area contributed by atoms with Crippen LogP contribution < -0.4 is 15.0 Å². The Morgan fingerprint density at radius 2 is 1.76 bits per heavy atom. The van der Waals surface area contributed by atoms with Crippen LogP contribution in [-0.4, -0.2) is 28.3 Å². The lowest BCUT2D eigenvalue weighted by Crippen LogP contribution is -2.30. The maximum Gasteiger partial charge on any atom is 0.374 e. The summed E-state index contributed by atoms with van der Waals surface area (Å²) < 4.78 is 30.8. The van der Waals surface area contributed by atoms with E-state index in [-0.39, 0.29) is 22.3 Å². The molecule has 33 heavy (non-hydrogen) atoms. The van der Waals surface area contributed by atoms with Gasteiger partial charge in [-0.3, -0.25) is 15.5 Å². The summed E-state index contributed by atoms with van der Waals surface area (Å²) in [5, 5.41) is 12.6. The second kappa shape index (κ2) is 8.76. The predicted molar refractivity (Wildman–Crippen MR) is 120 cm³/mol. The summed E-state index contributed by atoms with van der Waals surface area (Å²) in [6.07, 6.45) is 1.02. The molecule has 0 saturated carbocycles. The lowest BCUT2D eigenvalue weighted by atomic mass is 10.2. The normalized spacial score (nSPS) is 11.3. The molecule has 0 amide bonds. The summed E-state index contributed by atoms with van der Waals surface area (Å²) >= 11 is 0. The first-order valence-corrected chi connectivity index (χ1v) is 11.1. The fourth-order valence-electron chi connectivity index (χ4n) is 2.99. The lowest BCUT2D eigenvalue weighted by molar-refractivity contribution is -0.385. The van der Waals surface area contributed by atoms with Crippen molar-refractivity contribution < 1.29 is 18.1 Å². The molecule has 0 aliphatic heterocycles. The number of benzene rings is 2. The highest BCUT2D eigenvalue weighted by Crippen LogP contribution is 2.36. The number of aromatic nitrogens is 3. The average Bonchev–Trinajstić information content (AvgIpc) is 2.78. The standard InChI is InChI=1S/C21H18N6O5S/c1-13-6-10-16(11-7-13)33(30,31)26-25-20-19(27(28)29)21(23-12-22-20)32-17-5-3-4-15-9-8-14(2)24-18(15)17/h3-12,26H,1-2H3,(H,22,23,25). The van der Waals surface area contributed by atoms with E-state index in [4.69, 9.17) is 4.74 Å². The van der Waals surface area contributed by atoms with Crippen LogP contribution in [-0.2, 0) is 10.0 Å². The molecular formula is C21H18N6O5S. The van der Waals surface area contributed by atoms with Gasteiger partial charge in [-0.1, -0.05) is 35.9 Å². The molecule has 2 aromatic heterocycles. The second-order valence-corrected chi connectivity index (χ2v) is 8.74. The molecule has 4 rings (SSSR count). The molecule has 2 N–H and O–H groups in total. The molecule has 4 aromatic rings. The topological polar surface area (TPSA) is 149 Å². The van der Waals surface area contributed by atoms with E-state index >= 15 is 0 Å². The molecule has 0 spiro atoms. The highest BCUT2D eigenvalue weighted by atomic mass is 32.2. The zero-order valence-corrected chi connectivity index (χ0v) is 18.3. The largest absolute Gasteiger partial charge is 0.431 e. The van der Waals surface area contributed by atoms with Crippen LogP contribution >= 0.6 is 0 Å². The number of sulfonamides is 1. The van der Waals surface area contributed by atoms with Crippen molar-refractivity contribution in [2.24, 2.45) is 0 Å². The van der Waals surface area contributed by atoms with Crippen LogP contribution in [0.5, 0.6) is 11.6 Å². The van der Waals surface area contributed by atoms with Gasteiger partial charge < -0.3 is 4.74 Å². The first kappa shape index (κ1) is 22.0. The first-order valence-electron chi connectivity index (χ1n) is 9.63. The molecule has 0 bridgehead atoms.